The number of aromatic nitrogens is 3. The minimum absolute atomic E-state index is 0.244. The van der Waals surface area contributed by atoms with E-state index in [0.717, 1.165) is 17.0 Å². The molecule has 0 aliphatic carbocycles. The van der Waals surface area contributed by atoms with Gasteiger partial charge in [0.25, 0.3) is 5.95 Å². The number of halogens is 1. The zero-order valence-electron chi connectivity index (χ0n) is 11.9. The Morgan fingerprint density at radius 3 is 3.05 bits per heavy atom. The van der Waals surface area contributed by atoms with Crippen molar-refractivity contribution in [3.63, 3.8) is 0 Å². The average molecular weight is 337 g/mol. The molecule has 0 aliphatic heterocycles. The Kier molecular flexibility index (Phi) is 4.00. The topological polar surface area (TPSA) is 68.5 Å². The Bertz CT molecular complexity index is 827. The fourth-order valence-electron chi connectivity index (χ4n) is 1.92. The number of fused-ring (bicyclic) bond motifs is 1. The predicted octanol–water partition coefficient (Wildman–Crippen LogP) is 3.03. The highest BCUT2D eigenvalue weighted by Gasteiger charge is 2.15. The maximum absolute atomic E-state index is 11.6. The first kappa shape index (κ1) is 14.8. The summed E-state index contributed by atoms with van der Waals surface area (Å²) in [7, 11) is 1.62. The minimum atomic E-state index is -0.639. The highest BCUT2D eigenvalue weighted by atomic mass is 35.5. The summed E-state index contributed by atoms with van der Waals surface area (Å²) in [5, 5.41) is 8.22. The van der Waals surface area contributed by atoms with Crippen molar-refractivity contribution in [3.8, 4) is 17.0 Å². The molecule has 6 nitrogen and oxygen atoms in total. The zero-order valence-corrected chi connectivity index (χ0v) is 13.5. The highest BCUT2D eigenvalue weighted by molar-refractivity contribution is 7.15. The number of hydrogen-bond donors (Lipinski definition) is 1. The number of rotatable bonds is 4. The largest absolute Gasteiger partial charge is 0.497 e. The maximum atomic E-state index is 11.6. The smallest absolute Gasteiger partial charge is 0.250 e. The highest BCUT2D eigenvalue weighted by Crippen LogP contribution is 2.28. The number of nitrogens with one attached hydrogen (secondary N) is 1. The second-order valence-corrected chi connectivity index (χ2v) is 6.08. The van der Waals surface area contributed by atoms with E-state index < -0.39 is 5.38 Å². The Labute approximate surface area is 135 Å². The molecule has 1 amide bonds. The zero-order chi connectivity index (χ0) is 15.7. The van der Waals surface area contributed by atoms with Crippen LogP contribution in [-0.4, -0.2) is 33.0 Å². The van der Waals surface area contributed by atoms with Crippen LogP contribution in [0.4, 0.5) is 5.95 Å². The number of methoxy groups -OCH3 is 1. The van der Waals surface area contributed by atoms with Crippen LogP contribution in [-0.2, 0) is 4.79 Å². The fraction of sp³-hybridized carbons (Fsp3) is 0.214. The first-order chi connectivity index (χ1) is 10.6. The number of amides is 1. The molecule has 3 aromatic rings. The van der Waals surface area contributed by atoms with E-state index in [9.17, 15) is 4.79 Å². The molecule has 1 unspecified atom stereocenters. The third-order valence-electron chi connectivity index (χ3n) is 3.04. The lowest BCUT2D eigenvalue weighted by molar-refractivity contribution is -0.115. The number of anilines is 1. The molecule has 1 N–H and O–H groups in total. The summed E-state index contributed by atoms with van der Waals surface area (Å²) < 4.78 is 6.92. The van der Waals surface area contributed by atoms with Gasteiger partial charge in [0.2, 0.25) is 10.9 Å². The Morgan fingerprint density at radius 2 is 2.32 bits per heavy atom. The molecule has 22 heavy (non-hydrogen) atoms. The van der Waals surface area contributed by atoms with Crippen LogP contribution in [0.2, 0.25) is 0 Å². The van der Waals surface area contributed by atoms with E-state index in [4.69, 9.17) is 16.3 Å². The molecule has 0 bridgehead atoms. The van der Waals surface area contributed by atoms with E-state index in [2.05, 4.69) is 15.4 Å². The fourth-order valence-corrected chi connectivity index (χ4v) is 2.81. The van der Waals surface area contributed by atoms with Gasteiger partial charge in [0.05, 0.1) is 12.8 Å². The molecule has 8 heteroatoms. The molecule has 3 rings (SSSR count). The van der Waals surface area contributed by atoms with Crippen molar-refractivity contribution in [2.24, 2.45) is 0 Å². The molecule has 1 atom stereocenters. The maximum Gasteiger partial charge on any atom is 0.250 e. The Balaban J connectivity index is 1.97. The molecule has 114 valence electrons. The quantitative estimate of drug-likeness (QED) is 0.743. The summed E-state index contributed by atoms with van der Waals surface area (Å²) in [5.41, 5.74) is 1.84. The number of ether oxygens (including phenoxy) is 1. The van der Waals surface area contributed by atoms with Crippen LogP contribution in [0.25, 0.3) is 16.2 Å². The molecule has 0 aliphatic rings. The van der Waals surface area contributed by atoms with Gasteiger partial charge in [-0.1, -0.05) is 12.1 Å². The normalized spacial score (nSPS) is 12.3. The second kappa shape index (κ2) is 5.94. The summed E-state index contributed by atoms with van der Waals surface area (Å²) in [6.45, 7) is 1.59. The van der Waals surface area contributed by atoms with Crippen LogP contribution < -0.4 is 10.1 Å². The van der Waals surface area contributed by atoms with Gasteiger partial charge in [0.15, 0.2) is 0 Å². The number of thiazole rings is 1. The van der Waals surface area contributed by atoms with E-state index >= 15 is 0 Å². The minimum Gasteiger partial charge on any atom is -0.497 e. The molecule has 2 aromatic heterocycles. The van der Waals surface area contributed by atoms with Crippen molar-refractivity contribution in [1.82, 2.24) is 14.6 Å². The first-order valence-corrected chi connectivity index (χ1v) is 7.83. The second-order valence-electron chi connectivity index (χ2n) is 4.59. The lowest BCUT2D eigenvalue weighted by atomic mass is 10.2. The predicted molar refractivity (Wildman–Crippen MR) is 86.8 cm³/mol. The van der Waals surface area contributed by atoms with Crippen molar-refractivity contribution in [3.05, 3.63) is 29.6 Å². The van der Waals surface area contributed by atoms with Crippen LogP contribution in [0.1, 0.15) is 6.92 Å². The first-order valence-electron chi connectivity index (χ1n) is 6.52. The lowest BCUT2D eigenvalue weighted by Gasteiger charge is -2.03. The van der Waals surface area contributed by atoms with E-state index in [1.165, 1.54) is 11.3 Å². The number of carbonyl (C=O) groups is 1. The van der Waals surface area contributed by atoms with Crippen molar-refractivity contribution in [1.29, 1.82) is 0 Å². The summed E-state index contributed by atoms with van der Waals surface area (Å²) in [5.74, 6) is 0.679. The summed E-state index contributed by atoms with van der Waals surface area (Å²) in [4.78, 5) is 16.6. The van der Waals surface area contributed by atoms with Crippen molar-refractivity contribution < 1.29 is 9.53 Å². The van der Waals surface area contributed by atoms with Gasteiger partial charge in [0.1, 0.15) is 11.1 Å². The molecule has 0 spiro atoms. The third kappa shape index (κ3) is 2.77. The molecular weight excluding hydrogens is 324 g/mol. The van der Waals surface area contributed by atoms with Gasteiger partial charge in [-0.15, -0.1) is 28.0 Å². The van der Waals surface area contributed by atoms with Crippen LogP contribution in [0.5, 0.6) is 5.75 Å². The monoisotopic (exact) mass is 336 g/mol. The molecule has 0 saturated heterocycles. The molecule has 0 saturated carbocycles. The molecule has 0 radical (unpaired) electrons. The van der Waals surface area contributed by atoms with Gasteiger partial charge in [-0.05, 0) is 19.1 Å². The van der Waals surface area contributed by atoms with Crippen LogP contribution in [0, 0.1) is 0 Å². The number of benzene rings is 1. The van der Waals surface area contributed by atoms with Crippen molar-refractivity contribution in [2.75, 3.05) is 12.4 Å². The number of nitrogens with zero attached hydrogens (tertiary/aromatic N) is 3. The van der Waals surface area contributed by atoms with Gasteiger partial charge in [-0.2, -0.15) is 4.98 Å². The van der Waals surface area contributed by atoms with Crippen LogP contribution in [0.15, 0.2) is 29.6 Å². The van der Waals surface area contributed by atoms with Gasteiger partial charge in [-0.25, -0.2) is 4.52 Å². The molecule has 1 aromatic carbocycles. The average Bonchev–Trinajstić information content (AvgIpc) is 3.06. The number of carbonyl (C=O) groups excluding carboxylic acids is 1. The standard InChI is InChI=1S/C14H13ClN4O2S/c1-8(15)12(20)16-13-17-14-19(18-13)11(7-22-14)9-4-3-5-10(6-9)21-2/h3-8H,1-2H3,(H,16,18,20). The van der Waals surface area contributed by atoms with Gasteiger partial charge >= 0.3 is 0 Å². The number of alkyl halides is 1. The van der Waals surface area contributed by atoms with Gasteiger partial charge < -0.3 is 4.74 Å². The van der Waals surface area contributed by atoms with E-state index in [1.54, 1.807) is 18.5 Å². The summed E-state index contributed by atoms with van der Waals surface area (Å²) in [6.07, 6.45) is 0. The lowest BCUT2D eigenvalue weighted by Crippen LogP contribution is -2.21. The van der Waals surface area contributed by atoms with Gasteiger partial charge in [0, 0.05) is 10.9 Å². The Hall–Kier alpha value is -2.12. The molecular formula is C14H13ClN4O2S. The van der Waals surface area contributed by atoms with Crippen molar-refractivity contribution >= 4 is 39.8 Å². The Morgan fingerprint density at radius 1 is 1.50 bits per heavy atom. The van der Waals surface area contributed by atoms with E-state index in [0.29, 0.717) is 4.96 Å². The van der Waals surface area contributed by atoms with Crippen molar-refractivity contribution in [2.45, 2.75) is 12.3 Å². The third-order valence-corrected chi connectivity index (χ3v) is 4.06. The number of hydrogen-bond acceptors (Lipinski definition) is 5. The van der Waals surface area contributed by atoms with Crippen LogP contribution >= 0.6 is 22.9 Å². The van der Waals surface area contributed by atoms with E-state index in [-0.39, 0.29) is 11.9 Å². The SMILES string of the molecule is COc1cccc(-c2csc3nc(NC(=O)C(C)Cl)nn23)c1. The molecule has 2 heterocycles. The summed E-state index contributed by atoms with van der Waals surface area (Å²) in [6, 6.07) is 7.67. The van der Waals surface area contributed by atoms with Crippen LogP contribution in [0.3, 0.4) is 0 Å². The van der Waals surface area contributed by atoms with E-state index in [1.807, 2.05) is 29.6 Å². The summed E-state index contributed by atoms with van der Waals surface area (Å²) >= 11 is 7.17. The molecule has 0 fully saturated rings. The van der Waals surface area contributed by atoms with Gasteiger partial charge in [-0.3, -0.25) is 10.1 Å².